The molecule has 2 aliphatic rings. The highest BCUT2D eigenvalue weighted by Gasteiger charge is 2.54. The normalized spacial score (nSPS) is 18.6. The largest absolute Gasteiger partial charge is 0.508 e. The molecule has 0 bridgehead atoms. The van der Waals surface area contributed by atoms with Gasteiger partial charge in [-0.25, -0.2) is 9.59 Å². The lowest BCUT2D eigenvalue weighted by molar-refractivity contribution is -0.151. The van der Waals surface area contributed by atoms with Crippen molar-refractivity contribution in [2.75, 3.05) is 11.5 Å². The predicted molar refractivity (Wildman–Crippen MR) is 158 cm³/mol. The number of rotatable bonds is 10. The third kappa shape index (κ3) is 7.51. The number of aromatic hydroxyl groups is 1. The first-order valence-electron chi connectivity index (χ1n) is 12.7. The van der Waals surface area contributed by atoms with Crippen LogP contribution in [0.15, 0.2) is 38.9 Å². The Labute approximate surface area is 258 Å². The van der Waals surface area contributed by atoms with E-state index >= 15 is 0 Å². The molecule has 3 heterocycles. The number of nitrogens with zero attached hydrogens (tertiary/aromatic N) is 6. The van der Waals surface area contributed by atoms with E-state index in [1.54, 1.807) is 20.8 Å². The topological polar surface area (TPSA) is 220 Å². The third-order valence-corrected chi connectivity index (χ3v) is 9.49. The molecule has 1 aromatic carbocycles. The summed E-state index contributed by atoms with van der Waals surface area (Å²) < 4.78 is 6.00. The first-order chi connectivity index (χ1) is 20.3. The Kier molecular flexibility index (Phi) is 9.74. The van der Waals surface area contributed by atoms with Crippen molar-refractivity contribution in [1.29, 1.82) is 0 Å². The summed E-state index contributed by atoms with van der Waals surface area (Å²) in [5, 5.41) is 36.8. The number of phenolic OH excluding ortho intramolecular Hbond substituents is 1. The standard InChI is InChI=1S/C25H28N8O7S3/c1-11-30-31-24(43-11)42-10-14-9-41-21-17(20(36)33(21)18(14)22(37)38)28-19(35)16(29-23(39)40-25(2,3)4)12-5-6-15(34)13(7-12)8-27-32-26/h5-7,16-17,21,34H,8-10H2,1-4H3,(H,28,35)(H,29,39)(H,37,38). The van der Waals surface area contributed by atoms with Crippen LogP contribution in [0.25, 0.3) is 10.4 Å². The van der Waals surface area contributed by atoms with Gasteiger partial charge in [0.15, 0.2) is 4.34 Å². The van der Waals surface area contributed by atoms with Gasteiger partial charge in [0.2, 0.25) is 5.91 Å². The molecular weight excluding hydrogens is 621 g/mol. The van der Waals surface area contributed by atoms with E-state index in [-0.39, 0.29) is 29.1 Å². The second-order valence-corrected chi connectivity index (χ2v) is 13.9. The van der Waals surface area contributed by atoms with E-state index in [2.05, 4.69) is 30.9 Å². The molecule has 0 aliphatic carbocycles. The first kappa shape index (κ1) is 31.9. The zero-order valence-electron chi connectivity index (χ0n) is 23.4. The summed E-state index contributed by atoms with van der Waals surface area (Å²) in [5.41, 5.74) is 8.65. The summed E-state index contributed by atoms with van der Waals surface area (Å²) >= 11 is 4.03. The van der Waals surface area contributed by atoms with E-state index in [4.69, 9.17) is 10.3 Å². The number of nitrogens with one attached hydrogen (secondary N) is 2. The number of carbonyl (C=O) groups excluding carboxylic acids is 3. The zero-order valence-corrected chi connectivity index (χ0v) is 25.9. The van der Waals surface area contributed by atoms with Crippen LogP contribution >= 0.6 is 34.9 Å². The molecule has 1 fully saturated rings. The van der Waals surface area contributed by atoms with Gasteiger partial charge in [-0.15, -0.1) is 22.0 Å². The van der Waals surface area contributed by atoms with E-state index in [1.807, 2.05) is 6.92 Å². The van der Waals surface area contributed by atoms with Crippen LogP contribution in [0.2, 0.25) is 0 Å². The molecule has 18 heteroatoms. The number of hydrogen-bond donors (Lipinski definition) is 4. The lowest BCUT2D eigenvalue weighted by Gasteiger charge is -2.49. The number of phenols is 1. The number of benzene rings is 1. The third-order valence-electron chi connectivity index (χ3n) is 6.09. The number of aromatic nitrogens is 2. The van der Waals surface area contributed by atoms with E-state index in [0.717, 1.165) is 9.91 Å². The Bertz CT molecular complexity index is 1530. The van der Waals surface area contributed by atoms with Crippen molar-refractivity contribution in [1.82, 2.24) is 25.7 Å². The number of hydrogen-bond acceptors (Lipinski definition) is 12. The molecule has 43 heavy (non-hydrogen) atoms. The van der Waals surface area contributed by atoms with Crippen molar-refractivity contribution in [3.63, 3.8) is 0 Å². The van der Waals surface area contributed by atoms with Crippen LogP contribution in [0.3, 0.4) is 0 Å². The molecule has 228 valence electrons. The van der Waals surface area contributed by atoms with Crippen LogP contribution in [-0.4, -0.2) is 77.7 Å². The molecule has 0 radical (unpaired) electrons. The summed E-state index contributed by atoms with van der Waals surface area (Å²) in [6, 6.07) is 1.65. The summed E-state index contributed by atoms with van der Waals surface area (Å²) in [4.78, 5) is 55.5. The lowest BCUT2D eigenvalue weighted by atomic mass is 9.99. The fraction of sp³-hybridized carbons (Fsp3) is 0.440. The molecule has 2 aliphatic heterocycles. The van der Waals surface area contributed by atoms with Crippen LogP contribution < -0.4 is 10.6 Å². The average molecular weight is 649 g/mol. The fourth-order valence-electron chi connectivity index (χ4n) is 4.26. The monoisotopic (exact) mass is 648 g/mol. The fourth-order valence-corrected chi connectivity index (χ4v) is 7.56. The number of amides is 3. The zero-order chi connectivity index (χ0) is 31.5. The highest BCUT2D eigenvalue weighted by molar-refractivity contribution is 8.01. The first-order valence-corrected chi connectivity index (χ1v) is 15.6. The van der Waals surface area contributed by atoms with E-state index in [0.29, 0.717) is 21.4 Å². The highest BCUT2D eigenvalue weighted by Crippen LogP contribution is 2.42. The molecule has 2 aromatic rings. The second kappa shape index (κ2) is 13.1. The van der Waals surface area contributed by atoms with Gasteiger partial charge < -0.3 is 25.6 Å². The number of carboxylic acid groups (broad SMARTS) is 1. The number of thioether (sulfide) groups is 2. The minimum atomic E-state index is -1.37. The van der Waals surface area contributed by atoms with E-state index in [9.17, 15) is 29.4 Å². The van der Waals surface area contributed by atoms with Gasteiger partial charge in [-0.3, -0.25) is 14.5 Å². The van der Waals surface area contributed by atoms with Gasteiger partial charge >= 0.3 is 12.1 Å². The Balaban J connectivity index is 1.54. The molecule has 4 N–H and O–H groups in total. The van der Waals surface area contributed by atoms with Crippen LogP contribution in [0.4, 0.5) is 4.79 Å². The number of azide groups is 1. The van der Waals surface area contributed by atoms with Crippen LogP contribution in [0, 0.1) is 6.92 Å². The van der Waals surface area contributed by atoms with E-state index in [1.165, 1.54) is 53.1 Å². The predicted octanol–water partition coefficient (Wildman–Crippen LogP) is 3.46. The van der Waals surface area contributed by atoms with Crippen LogP contribution in [0.1, 0.15) is 42.9 Å². The summed E-state index contributed by atoms with van der Waals surface area (Å²) in [6.45, 7) is 6.55. The lowest BCUT2D eigenvalue weighted by Crippen LogP contribution is -2.71. The van der Waals surface area contributed by atoms with Gasteiger partial charge in [0.25, 0.3) is 5.91 Å². The molecule has 3 amide bonds. The van der Waals surface area contributed by atoms with Crippen molar-refractivity contribution in [2.45, 2.75) is 61.6 Å². The maximum absolute atomic E-state index is 13.6. The number of β-lactam (4-membered cyclic amide) rings is 1. The number of alkyl carbamates (subject to hydrolysis) is 1. The van der Waals surface area contributed by atoms with Gasteiger partial charge in [0.1, 0.15) is 39.5 Å². The number of carbonyl (C=O) groups is 4. The Morgan fingerprint density at radius 3 is 2.70 bits per heavy atom. The van der Waals surface area contributed by atoms with Crippen molar-refractivity contribution in [3.05, 3.63) is 56.0 Å². The number of ether oxygens (including phenoxy) is 1. The van der Waals surface area contributed by atoms with Gasteiger partial charge in [-0.1, -0.05) is 34.3 Å². The maximum atomic E-state index is 13.6. The molecule has 3 unspecified atom stereocenters. The minimum Gasteiger partial charge on any atom is -0.508 e. The van der Waals surface area contributed by atoms with E-state index < -0.39 is 46.9 Å². The highest BCUT2D eigenvalue weighted by atomic mass is 32.2. The number of carboxylic acids is 1. The Morgan fingerprint density at radius 2 is 2.07 bits per heavy atom. The SMILES string of the molecule is Cc1nnc(SCC2=C(C(=O)O)N3C(=O)C(NC(=O)C(NC(=O)OC(C)(C)C)c4ccc(O)c(CN=[N+]=[N-])c4)C3SC2)s1. The Hall–Kier alpha value is -3.99. The van der Waals surface area contributed by atoms with Crippen molar-refractivity contribution in [2.24, 2.45) is 5.11 Å². The number of aliphatic carboxylic acids is 1. The summed E-state index contributed by atoms with van der Waals surface area (Å²) in [7, 11) is 0. The Morgan fingerprint density at radius 1 is 1.33 bits per heavy atom. The minimum absolute atomic E-state index is 0.127. The molecule has 1 saturated heterocycles. The molecule has 0 spiro atoms. The van der Waals surface area contributed by atoms with Crippen LogP contribution in [0.5, 0.6) is 5.75 Å². The summed E-state index contributed by atoms with van der Waals surface area (Å²) in [6.07, 6.45) is -0.908. The average Bonchev–Trinajstić information content (AvgIpc) is 3.36. The quantitative estimate of drug-likeness (QED) is 0.0960. The molecule has 3 atom stereocenters. The molecule has 4 rings (SSSR count). The molecule has 1 aromatic heterocycles. The van der Waals surface area contributed by atoms with Gasteiger partial charge in [-0.2, -0.15) is 0 Å². The number of fused-ring (bicyclic) bond motifs is 1. The second-order valence-electron chi connectivity index (χ2n) is 10.4. The number of aryl methyl sites for hydroxylation is 1. The summed E-state index contributed by atoms with van der Waals surface area (Å²) in [5.74, 6) is -2.19. The van der Waals surface area contributed by atoms with Crippen molar-refractivity contribution >= 4 is 58.7 Å². The van der Waals surface area contributed by atoms with Gasteiger partial charge in [-0.05, 0) is 62.1 Å². The molecule has 0 saturated carbocycles. The molecular formula is C25H28N8O7S3. The van der Waals surface area contributed by atoms with Gasteiger partial charge in [0, 0.05) is 16.4 Å². The molecule has 15 nitrogen and oxygen atoms in total. The maximum Gasteiger partial charge on any atom is 0.408 e. The van der Waals surface area contributed by atoms with Crippen molar-refractivity contribution in [3.8, 4) is 5.75 Å². The van der Waals surface area contributed by atoms with Gasteiger partial charge in [0.05, 0.1) is 6.54 Å². The smallest absolute Gasteiger partial charge is 0.408 e. The van der Waals surface area contributed by atoms with Crippen LogP contribution in [-0.2, 0) is 25.7 Å². The van der Waals surface area contributed by atoms with Crippen molar-refractivity contribution < 1.29 is 34.1 Å².